The minimum absolute atomic E-state index is 0.0451. The van der Waals surface area contributed by atoms with Crippen molar-refractivity contribution in [1.82, 2.24) is 0 Å². The van der Waals surface area contributed by atoms with E-state index in [0.29, 0.717) is 12.2 Å². The molecule has 0 saturated heterocycles. The lowest BCUT2D eigenvalue weighted by Crippen LogP contribution is -2.07. The molecule has 0 amide bonds. The molecular weight excluding hydrogens is 242 g/mol. The van der Waals surface area contributed by atoms with Gasteiger partial charge in [0.2, 0.25) is 0 Å². The van der Waals surface area contributed by atoms with Crippen molar-refractivity contribution in [3.05, 3.63) is 42.0 Å². The van der Waals surface area contributed by atoms with Crippen molar-refractivity contribution in [2.75, 3.05) is 13.2 Å². The van der Waals surface area contributed by atoms with Gasteiger partial charge in [0, 0.05) is 11.8 Å². The van der Waals surface area contributed by atoms with E-state index in [9.17, 15) is 9.90 Å². The van der Waals surface area contributed by atoms with Crippen LogP contribution in [0.1, 0.15) is 12.5 Å². The molecule has 2 aromatic carbocycles. The highest BCUT2D eigenvalue weighted by Gasteiger charge is 2.04. The van der Waals surface area contributed by atoms with Gasteiger partial charge in [-0.3, -0.25) is 9.79 Å². The first-order valence-electron chi connectivity index (χ1n) is 6.08. The fraction of sp³-hybridized carbons (Fsp3) is 0.200. The topological polar surface area (TPSA) is 58.9 Å². The van der Waals surface area contributed by atoms with Crippen LogP contribution in [0.25, 0.3) is 10.8 Å². The third-order valence-electron chi connectivity index (χ3n) is 2.69. The lowest BCUT2D eigenvalue weighted by molar-refractivity contribution is -0.141. The number of aromatic hydroxyl groups is 1. The average Bonchev–Trinajstić information content (AvgIpc) is 2.41. The number of ether oxygens (including phenoxy) is 1. The number of benzene rings is 2. The maximum absolute atomic E-state index is 11.2. The molecule has 4 nitrogen and oxygen atoms in total. The summed E-state index contributed by atoms with van der Waals surface area (Å²) in [6.45, 7) is 2.04. The molecule has 0 aromatic heterocycles. The minimum atomic E-state index is -0.376. The van der Waals surface area contributed by atoms with Gasteiger partial charge in [-0.2, -0.15) is 0 Å². The molecule has 0 atom stereocenters. The van der Waals surface area contributed by atoms with E-state index < -0.39 is 0 Å². The first-order chi connectivity index (χ1) is 9.22. The Morgan fingerprint density at radius 1 is 1.32 bits per heavy atom. The van der Waals surface area contributed by atoms with Gasteiger partial charge in [-0.1, -0.05) is 30.3 Å². The Kier molecular flexibility index (Phi) is 4.13. The number of rotatable bonds is 4. The third kappa shape index (κ3) is 3.10. The van der Waals surface area contributed by atoms with Crippen molar-refractivity contribution in [1.29, 1.82) is 0 Å². The predicted molar refractivity (Wildman–Crippen MR) is 74.7 cm³/mol. The van der Waals surface area contributed by atoms with Gasteiger partial charge in [0.25, 0.3) is 0 Å². The van der Waals surface area contributed by atoms with Gasteiger partial charge < -0.3 is 9.84 Å². The Morgan fingerprint density at radius 3 is 2.89 bits per heavy atom. The maximum Gasteiger partial charge on any atom is 0.327 e. The summed E-state index contributed by atoms with van der Waals surface area (Å²) in [7, 11) is 0. The normalized spacial score (nSPS) is 11.0. The molecule has 1 N–H and O–H groups in total. The molecule has 0 heterocycles. The summed E-state index contributed by atoms with van der Waals surface area (Å²) in [6.07, 6.45) is 1.51. The van der Waals surface area contributed by atoms with Gasteiger partial charge in [0.15, 0.2) is 0 Å². The molecule has 0 bridgehead atoms. The molecule has 4 heteroatoms. The van der Waals surface area contributed by atoms with Crippen LogP contribution in [-0.2, 0) is 9.53 Å². The quantitative estimate of drug-likeness (QED) is 0.676. The molecule has 2 rings (SSSR count). The number of nitrogens with zero attached hydrogens (tertiary/aromatic N) is 1. The summed E-state index contributed by atoms with van der Waals surface area (Å²) in [5.41, 5.74) is 0.613. The zero-order valence-corrected chi connectivity index (χ0v) is 10.7. The smallest absolute Gasteiger partial charge is 0.327 e. The summed E-state index contributed by atoms with van der Waals surface area (Å²) in [4.78, 5) is 15.2. The van der Waals surface area contributed by atoms with Crippen LogP contribution in [0.3, 0.4) is 0 Å². The number of carbonyl (C=O) groups is 1. The Balaban J connectivity index is 2.27. The van der Waals surface area contributed by atoms with Crippen LogP contribution >= 0.6 is 0 Å². The van der Waals surface area contributed by atoms with E-state index in [-0.39, 0.29) is 18.3 Å². The molecule has 0 aliphatic rings. The molecule has 0 fully saturated rings. The first-order valence-corrected chi connectivity index (χ1v) is 6.08. The van der Waals surface area contributed by atoms with E-state index in [1.54, 1.807) is 13.0 Å². The highest BCUT2D eigenvalue weighted by molar-refractivity contribution is 6.02. The van der Waals surface area contributed by atoms with E-state index >= 15 is 0 Å². The zero-order chi connectivity index (χ0) is 13.7. The summed E-state index contributed by atoms with van der Waals surface area (Å²) in [5, 5.41) is 11.8. The molecular formula is C15H15NO3. The summed E-state index contributed by atoms with van der Waals surface area (Å²) >= 11 is 0. The number of hydrogen-bond acceptors (Lipinski definition) is 4. The predicted octanol–water partition coefficient (Wildman–Crippen LogP) is 2.53. The van der Waals surface area contributed by atoms with Crippen molar-refractivity contribution in [2.24, 2.45) is 4.99 Å². The van der Waals surface area contributed by atoms with Gasteiger partial charge >= 0.3 is 5.97 Å². The molecule has 2 aromatic rings. The molecule has 98 valence electrons. The Labute approximate surface area is 111 Å². The average molecular weight is 257 g/mol. The standard InChI is InChI=1S/C15H15NO3/c1-2-19-15(18)10-16-9-13-12-6-4-3-5-11(12)7-8-14(13)17/h3-9,17H,2,10H2,1H3. The highest BCUT2D eigenvalue weighted by atomic mass is 16.5. The fourth-order valence-corrected chi connectivity index (χ4v) is 1.84. The molecule has 0 unspecified atom stereocenters. The van der Waals surface area contributed by atoms with Gasteiger partial charge in [-0.05, 0) is 23.8 Å². The van der Waals surface area contributed by atoms with E-state index in [4.69, 9.17) is 4.74 Å². The van der Waals surface area contributed by atoms with E-state index in [0.717, 1.165) is 10.8 Å². The van der Waals surface area contributed by atoms with Crippen molar-refractivity contribution in [2.45, 2.75) is 6.92 Å². The molecule has 0 aliphatic heterocycles. The summed E-state index contributed by atoms with van der Waals surface area (Å²) in [6, 6.07) is 11.1. The van der Waals surface area contributed by atoms with Crippen molar-refractivity contribution >= 4 is 23.0 Å². The second kappa shape index (κ2) is 6.00. The van der Waals surface area contributed by atoms with Crippen LogP contribution in [0.15, 0.2) is 41.4 Å². The SMILES string of the molecule is CCOC(=O)CN=Cc1c(O)ccc2ccccc12. The maximum atomic E-state index is 11.2. The van der Waals surface area contributed by atoms with Crippen molar-refractivity contribution in [3.63, 3.8) is 0 Å². The lowest BCUT2D eigenvalue weighted by atomic mass is 10.0. The molecule has 0 radical (unpaired) electrons. The summed E-state index contributed by atoms with van der Waals surface area (Å²) in [5.74, 6) is -0.232. The van der Waals surface area contributed by atoms with Gasteiger partial charge in [-0.15, -0.1) is 0 Å². The highest BCUT2D eigenvalue weighted by Crippen LogP contribution is 2.25. The Morgan fingerprint density at radius 2 is 2.11 bits per heavy atom. The Bertz CT molecular complexity index is 620. The van der Waals surface area contributed by atoms with Gasteiger partial charge in [-0.25, -0.2) is 0 Å². The number of fused-ring (bicyclic) bond motifs is 1. The van der Waals surface area contributed by atoms with Crippen LogP contribution in [0.5, 0.6) is 5.75 Å². The molecule has 0 spiro atoms. The lowest BCUT2D eigenvalue weighted by Gasteiger charge is -2.04. The number of carbonyl (C=O) groups excluding carboxylic acids is 1. The third-order valence-corrected chi connectivity index (χ3v) is 2.69. The minimum Gasteiger partial charge on any atom is -0.507 e. The Hall–Kier alpha value is -2.36. The van der Waals surface area contributed by atoms with E-state index in [1.807, 2.05) is 30.3 Å². The number of hydrogen-bond donors (Lipinski definition) is 1. The van der Waals surface area contributed by atoms with Gasteiger partial charge in [0.05, 0.1) is 6.61 Å². The van der Waals surface area contributed by atoms with Crippen LogP contribution in [0.4, 0.5) is 0 Å². The number of esters is 1. The monoisotopic (exact) mass is 257 g/mol. The number of aliphatic imine (C=N–C) groups is 1. The zero-order valence-electron chi connectivity index (χ0n) is 10.7. The van der Waals surface area contributed by atoms with Crippen LogP contribution in [-0.4, -0.2) is 30.4 Å². The van der Waals surface area contributed by atoms with Crippen molar-refractivity contribution in [3.8, 4) is 5.75 Å². The largest absolute Gasteiger partial charge is 0.507 e. The van der Waals surface area contributed by atoms with Crippen LogP contribution < -0.4 is 0 Å². The second-order valence-corrected chi connectivity index (χ2v) is 3.99. The van der Waals surface area contributed by atoms with Crippen LogP contribution in [0, 0.1) is 0 Å². The second-order valence-electron chi connectivity index (χ2n) is 3.99. The molecule has 0 aliphatic carbocycles. The first kappa shape index (κ1) is 13.1. The van der Waals surface area contributed by atoms with Crippen LogP contribution in [0.2, 0.25) is 0 Å². The molecule has 19 heavy (non-hydrogen) atoms. The molecule has 0 saturated carbocycles. The van der Waals surface area contributed by atoms with E-state index in [2.05, 4.69) is 4.99 Å². The fourth-order valence-electron chi connectivity index (χ4n) is 1.84. The van der Waals surface area contributed by atoms with Crippen molar-refractivity contribution < 1.29 is 14.6 Å². The van der Waals surface area contributed by atoms with Gasteiger partial charge in [0.1, 0.15) is 12.3 Å². The van der Waals surface area contributed by atoms with E-state index in [1.165, 1.54) is 6.21 Å². The number of phenolic OH excluding ortho intramolecular Hbond substituents is 1. The summed E-state index contributed by atoms with van der Waals surface area (Å²) < 4.78 is 4.78. The number of phenols is 1.